The summed E-state index contributed by atoms with van der Waals surface area (Å²) in [7, 11) is 0. The van der Waals surface area contributed by atoms with Crippen LogP contribution in [0.4, 0.5) is 0 Å². The molecule has 0 saturated carbocycles. The van der Waals surface area contributed by atoms with Gasteiger partial charge in [-0.05, 0) is 41.5 Å². The number of rotatable bonds is 6. The van der Waals surface area contributed by atoms with Crippen molar-refractivity contribution in [2.75, 3.05) is 6.61 Å². The Hall–Kier alpha value is -2.01. The quantitative estimate of drug-likeness (QED) is 0.575. The third-order valence-electron chi connectivity index (χ3n) is 3.10. The molecule has 1 amide bonds. The average Bonchev–Trinajstić information content (AvgIpc) is 2.60. The van der Waals surface area contributed by atoms with Crippen LogP contribution in [-0.2, 0) is 20.9 Å². The van der Waals surface area contributed by atoms with Gasteiger partial charge in [0.05, 0.1) is 10.0 Å². The predicted molar refractivity (Wildman–Crippen MR) is 99.8 cm³/mol. The molecular formula is C18H14Cl3NO3. The van der Waals surface area contributed by atoms with Crippen molar-refractivity contribution >= 4 is 52.8 Å². The van der Waals surface area contributed by atoms with Crippen LogP contribution >= 0.6 is 34.8 Å². The number of carbonyl (C=O) groups excluding carboxylic acids is 2. The van der Waals surface area contributed by atoms with E-state index in [2.05, 4.69) is 5.32 Å². The van der Waals surface area contributed by atoms with E-state index in [0.29, 0.717) is 27.2 Å². The summed E-state index contributed by atoms with van der Waals surface area (Å²) in [5.41, 5.74) is 1.59. The molecule has 2 aromatic rings. The first-order valence-electron chi connectivity index (χ1n) is 7.25. The second kappa shape index (κ2) is 9.47. The zero-order valence-corrected chi connectivity index (χ0v) is 15.2. The Morgan fingerprint density at radius 2 is 1.72 bits per heavy atom. The number of halogens is 3. The fourth-order valence-corrected chi connectivity index (χ4v) is 2.25. The highest BCUT2D eigenvalue weighted by atomic mass is 35.5. The molecule has 0 saturated heterocycles. The third kappa shape index (κ3) is 6.78. The lowest BCUT2D eigenvalue weighted by atomic mass is 10.2. The Bertz CT molecular complexity index is 789. The van der Waals surface area contributed by atoms with Crippen molar-refractivity contribution in [3.8, 4) is 0 Å². The Morgan fingerprint density at radius 3 is 2.40 bits per heavy atom. The van der Waals surface area contributed by atoms with Crippen LogP contribution in [0.3, 0.4) is 0 Å². The first-order chi connectivity index (χ1) is 11.9. The molecule has 0 atom stereocenters. The molecule has 0 heterocycles. The van der Waals surface area contributed by atoms with Crippen molar-refractivity contribution in [2.45, 2.75) is 6.54 Å². The smallest absolute Gasteiger partial charge is 0.331 e. The van der Waals surface area contributed by atoms with Crippen molar-refractivity contribution in [3.63, 3.8) is 0 Å². The summed E-state index contributed by atoms with van der Waals surface area (Å²) in [5, 5.41) is 4.09. The van der Waals surface area contributed by atoms with Gasteiger partial charge in [0.2, 0.25) is 0 Å². The van der Waals surface area contributed by atoms with E-state index in [4.69, 9.17) is 39.5 Å². The maximum absolute atomic E-state index is 11.7. The van der Waals surface area contributed by atoms with E-state index in [9.17, 15) is 9.59 Å². The molecule has 7 heteroatoms. The molecule has 0 radical (unpaired) electrons. The van der Waals surface area contributed by atoms with Crippen molar-refractivity contribution in [1.82, 2.24) is 5.32 Å². The lowest BCUT2D eigenvalue weighted by Gasteiger charge is -2.05. The number of benzene rings is 2. The van der Waals surface area contributed by atoms with Crippen molar-refractivity contribution in [3.05, 3.63) is 74.7 Å². The number of esters is 1. The van der Waals surface area contributed by atoms with Gasteiger partial charge in [0.1, 0.15) is 0 Å². The lowest BCUT2D eigenvalue weighted by Crippen LogP contribution is -2.28. The highest BCUT2D eigenvalue weighted by Crippen LogP contribution is 2.23. The summed E-state index contributed by atoms with van der Waals surface area (Å²) in [6.45, 7) is -0.0369. The minimum absolute atomic E-state index is 0.326. The Morgan fingerprint density at radius 1 is 1.00 bits per heavy atom. The summed E-state index contributed by atoms with van der Waals surface area (Å²) >= 11 is 17.5. The van der Waals surface area contributed by atoms with Gasteiger partial charge in [0.25, 0.3) is 5.91 Å². The second-order valence-electron chi connectivity index (χ2n) is 5.02. The van der Waals surface area contributed by atoms with Gasteiger partial charge in [-0.15, -0.1) is 0 Å². The van der Waals surface area contributed by atoms with E-state index < -0.39 is 11.9 Å². The SMILES string of the molecule is O=C(COC(=O)/C=C/c1ccc(Cl)c(Cl)c1)NCc1ccc(Cl)cc1. The molecule has 1 N–H and O–H groups in total. The van der Waals surface area contributed by atoms with Crippen molar-refractivity contribution in [1.29, 1.82) is 0 Å². The first-order valence-corrected chi connectivity index (χ1v) is 8.38. The van der Waals surface area contributed by atoms with E-state index in [-0.39, 0.29) is 6.61 Å². The molecule has 0 unspecified atom stereocenters. The van der Waals surface area contributed by atoms with Gasteiger partial charge in [-0.25, -0.2) is 4.79 Å². The lowest BCUT2D eigenvalue weighted by molar-refractivity contribution is -0.143. The van der Waals surface area contributed by atoms with Crippen LogP contribution in [0.25, 0.3) is 6.08 Å². The molecule has 0 aliphatic rings. The van der Waals surface area contributed by atoms with Gasteiger partial charge in [0.15, 0.2) is 6.61 Å². The molecule has 0 fully saturated rings. The minimum atomic E-state index is -0.632. The zero-order valence-electron chi connectivity index (χ0n) is 13.0. The summed E-state index contributed by atoms with van der Waals surface area (Å²) < 4.78 is 4.87. The Labute approximate surface area is 160 Å². The van der Waals surface area contributed by atoms with Crippen LogP contribution in [0.2, 0.25) is 15.1 Å². The molecule has 0 spiro atoms. The first kappa shape index (κ1) is 19.3. The zero-order chi connectivity index (χ0) is 18.2. The number of hydrogen-bond acceptors (Lipinski definition) is 3. The number of nitrogens with one attached hydrogen (secondary N) is 1. The van der Waals surface area contributed by atoms with Gasteiger partial charge in [-0.1, -0.05) is 53.0 Å². The Balaban J connectivity index is 1.75. The van der Waals surface area contributed by atoms with Crippen LogP contribution in [0.1, 0.15) is 11.1 Å². The van der Waals surface area contributed by atoms with Gasteiger partial charge in [-0.2, -0.15) is 0 Å². The van der Waals surface area contributed by atoms with E-state index >= 15 is 0 Å². The molecule has 4 nitrogen and oxygen atoms in total. The maximum Gasteiger partial charge on any atom is 0.331 e. The van der Waals surface area contributed by atoms with Crippen molar-refractivity contribution in [2.24, 2.45) is 0 Å². The van der Waals surface area contributed by atoms with E-state index in [1.54, 1.807) is 42.5 Å². The topological polar surface area (TPSA) is 55.4 Å². The maximum atomic E-state index is 11.7. The standard InChI is InChI=1S/C18H14Cl3NO3/c19-14-5-1-13(2-6-14)10-22-17(23)11-25-18(24)8-4-12-3-7-15(20)16(21)9-12/h1-9H,10-11H2,(H,22,23)/b8-4+. The van der Waals surface area contributed by atoms with Crippen LogP contribution in [-0.4, -0.2) is 18.5 Å². The summed E-state index contributed by atoms with van der Waals surface area (Å²) in [4.78, 5) is 23.3. The molecule has 130 valence electrons. The molecular weight excluding hydrogens is 385 g/mol. The molecule has 0 bridgehead atoms. The third-order valence-corrected chi connectivity index (χ3v) is 4.09. The minimum Gasteiger partial charge on any atom is -0.452 e. The largest absolute Gasteiger partial charge is 0.452 e. The van der Waals surface area contributed by atoms with Gasteiger partial charge < -0.3 is 10.1 Å². The average molecular weight is 399 g/mol. The predicted octanol–water partition coefficient (Wildman–Crippen LogP) is 4.52. The fourth-order valence-electron chi connectivity index (χ4n) is 1.82. The molecule has 0 aliphatic heterocycles. The number of carbonyl (C=O) groups is 2. The van der Waals surface area contributed by atoms with Gasteiger partial charge in [-0.3, -0.25) is 4.79 Å². The van der Waals surface area contributed by atoms with E-state index in [1.807, 2.05) is 0 Å². The van der Waals surface area contributed by atoms with Crippen LogP contribution in [0.15, 0.2) is 48.5 Å². The van der Waals surface area contributed by atoms with Crippen LogP contribution in [0.5, 0.6) is 0 Å². The van der Waals surface area contributed by atoms with Crippen LogP contribution in [0, 0.1) is 0 Å². The monoisotopic (exact) mass is 397 g/mol. The normalized spacial score (nSPS) is 10.7. The molecule has 2 rings (SSSR count). The van der Waals surface area contributed by atoms with E-state index in [1.165, 1.54) is 12.2 Å². The van der Waals surface area contributed by atoms with Crippen molar-refractivity contribution < 1.29 is 14.3 Å². The molecule has 25 heavy (non-hydrogen) atoms. The Kier molecular flexibility index (Phi) is 7.31. The molecule has 0 aliphatic carbocycles. The molecule has 0 aromatic heterocycles. The second-order valence-corrected chi connectivity index (χ2v) is 6.27. The number of hydrogen-bond donors (Lipinski definition) is 1. The molecule has 2 aromatic carbocycles. The van der Waals surface area contributed by atoms with E-state index in [0.717, 1.165) is 5.56 Å². The van der Waals surface area contributed by atoms with Gasteiger partial charge >= 0.3 is 5.97 Å². The summed E-state index contributed by atoms with van der Waals surface area (Å²) in [6.07, 6.45) is 2.74. The highest BCUT2D eigenvalue weighted by Gasteiger charge is 2.05. The summed E-state index contributed by atoms with van der Waals surface area (Å²) in [6, 6.07) is 12.0. The fraction of sp³-hybridized carbons (Fsp3) is 0.111. The van der Waals surface area contributed by atoms with Gasteiger partial charge in [0, 0.05) is 17.6 Å². The number of ether oxygens (including phenoxy) is 1. The van der Waals surface area contributed by atoms with Crippen LogP contribution < -0.4 is 5.32 Å². The summed E-state index contributed by atoms with van der Waals surface area (Å²) in [5.74, 6) is -1.03. The highest BCUT2D eigenvalue weighted by molar-refractivity contribution is 6.42. The number of amides is 1.